The fourth-order valence-electron chi connectivity index (χ4n) is 4.14. The first-order chi connectivity index (χ1) is 17.1. The maximum absolute atomic E-state index is 13.9. The van der Waals surface area contributed by atoms with E-state index < -0.39 is 11.8 Å². The van der Waals surface area contributed by atoms with Gasteiger partial charge in [-0.15, -0.1) is 0 Å². The van der Waals surface area contributed by atoms with E-state index in [2.05, 4.69) is 10.6 Å². The fourth-order valence-corrected chi connectivity index (χ4v) is 4.14. The molecule has 0 unspecified atom stereocenters. The Bertz CT molecular complexity index is 1110. The van der Waals surface area contributed by atoms with E-state index in [0.29, 0.717) is 24.3 Å². The van der Waals surface area contributed by atoms with Crippen LogP contribution in [0.4, 0.5) is 20.6 Å². The molecule has 0 saturated carbocycles. The molecule has 4 amide bonds. The number of fused-ring (bicyclic) bond motifs is 1. The Balaban J connectivity index is 1.88. The van der Waals surface area contributed by atoms with Gasteiger partial charge in [0.15, 0.2) is 0 Å². The average Bonchev–Trinajstić information content (AvgIpc) is 2.84. The number of ether oxygens (including phenoxy) is 2. The third-order valence-corrected chi connectivity index (χ3v) is 6.23. The van der Waals surface area contributed by atoms with Crippen LogP contribution >= 0.6 is 0 Å². The van der Waals surface area contributed by atoms with Crippen LogP contribution in [0.1, 0.15) is 31.1 Å². The van der Waals surface area contributed by atoms with Gasteiger partial charge < -0.3 is 29.9 Å². The lowest BCUT2D eigenvalue weighted by Gasteiger charge is -2.35. The van der Waals surface area contributed by atoms with E-state index in [0.717, 1.165) is 0 Å². The van der Waals surface area contributed by atoms with Crippen molar-refractivity contribution < 1.29 is 28.2 Å². The number of halogens is 1. The molecular formula is C26H33FN4O5. The largest absolute Gasteiger partial charge is 0.491 e. The molecule has 2 aromatic carbocycles. The number of rotatable bonds is 3. The van der Waals surface area contributed by atoms with E-state index >= 15 is 0 Å². The number of benzene rings is 2. The summed E-state index contributed by atoms with van der Waals surface area (Å²) in [5.74, 6) is -0.675. The van der Waals surface area contributed by atoms with Gasteiger partial charge in [0.2, 0.25) is 5.91 Å². The Morgan fingerprint density at radius 2 is 1.83 bits per heavy atom. The van der Waals surface area contributed by atoms with E-state index in [-0.39, 0.29) is 47.9 Å². The number of carbonyl (C=O) groups excluding carboxylic acids is 3. The molecule has 3 atom stereocenters. The van der Waals surface area contributed by atoms with Crippen LogP contribution in [-0.2, 0) is 9.53 Å². The highest BCUT2D eigenvalue weighted by Gasteiger charge is 2.29. The van der Waals surface area contributed by atoms with Crippen LogP contribution in [0.2, 0.25) is 0 Å². The van der Waals surface area contributed by atoms with Gasteiger partial charge in [0.05, 0.1) is 23.4 Å². The zero-order chi connectivity index (χ0) is 26.4. The van der Waals surface area contributed by atoms with Gasteiger partial charge >= 0.3 is 6.03 Å². The number of likely N-dealkylation sites (N-methyl/N-ethyl adjacent to an activating group) is 1. The molecule has 0 spiro atoms. The van der Waals surface area contributed by atoms with Crippen LogP contribution in [0.25, 0.3) is 0 Å². The molecule has 9 nitrogen and oxygen atoms in total. The van der Waals surface area contributed by atoms with Crippen LogP contribution in [0, 0.1) is 11.7 Å². The topological polar surface area (TPSA) is 100 Å². The van der Waals surface area contributed by atoms with Crippen LogP contribution in [0.3, 0.4) is 0 Å². The van der Waals surface area contributed by atoms with Crippen molar-refractivity contribution >= 4 is 29.2 Å². The summed E-state index contributed by atoms with van der Waals surface area (Å²) in [5, 5.41) is 5.09. The first-order valence-corrected chi connectivity index (χ1v) is 11.8. The number of amides is 4. The third-order valence-electron chi connectivity index (χ3n) is 6.23. The quantitative estimate of drug-likeness (QED) is 0.668. The maximum Gasteiger partial charge on any atom is 0.323 e. The Labute approximate surface area is 210 Å². The summed E-state index contributed by atoms with van der Waals surface area (Å²) in [6.07, 6.45) is -0.278. The number of nitrogens with one attached hydrogen (secondary N) is 2. The lowest BCUT2D eigenvalue weighted by atomic mass is 10.0. The number of nitrogens with zero attached hydrogens (tertiary/aromatic N) is 2. The molecule has 0 aromatic heterocycles. The summed E-state index contributed by atoms with van der Waals surface area (Å²) >= 11 is 0. The van der Waals surface area contributed by atoms with Crippen LogP contribution in [0.5, 0.6) is 5.75 Å². The maximum atomic E-state index is 13.9. The zero-order valence-corrected chi connectivity index (χ0v) is 21.2. The Morgan fingerprint density at radius 3 is 2.50 bits per heavy atom. The van der Waals surface area contributed by atoms with E-state index in [4.69, 9.17) is 9.47 Å². The molecule has 0 saturated heterocycles. The van der Waals surface area contributed by atoms with Crippen LogP contribution in [-0.4, -0.2) is 73.6 Å². The lowest BCUT2D eigenvalue weighted by molar-refractivity contribution is -0.133. The summed E-state index contributed by atoms with van der Waals surface area (Å²) in [7, 11) is 3.27. The molecule has 2 aromatic rings. The van der Waals surface area contributed by atoms with Gasteiger partial charge in [-0.25, -0.2) is 9.18 Å². The van der Waals surface area contributed by atoms with Gasteiger partial charge in [-0.3, -0.25) is 9.59 Å². The van der Waals surface area contributed by atoms with Gasteiger partial charge in [-0.2, -0.15) is 0 Å². The molecule has 36 heavy (non-hydrogen) atoms. The van der Waals surface area contributed by atoms with Crippen molar-refractivity contribution in [3.8, 4) is 5.75 Å². The van der Waals surface area contributed by atoms with Crippen molar-refractivity contribution in [2.45, 2.75) is 32.9 Å². The number of methoxy groups -OCH3 is 1. The number of carbonyl (C=O) groups is 3. The van der Waals surface area contributed by atoms with Crippen LogP contribution < -0.4 is 15.4 Å². The molecule has 1 aliphatic rings. The number of para-hydroxylation sites is 1. The zero-order valence-electron chi connectivity index (χ0n) is 21.2. The first-order valence-electron chi connectivity index (χ1n) is 11.8. The molecule has 1 aliphatic heterocycles. The van der Waals surface area contributed by atoms with Gasteiger partial charge in [0.25, 0.3) is 5.91 Å². The molecule has 0 fully saturated rings. The highest BCUT2D eigenvalue weighted by atomic mass is 19.1. The average molecular weight is 501 g/mol. The highest BCUT2D eigenvalue weighted by molar-refractivity contribution is 6.01. The second-order valence-corrected chi connectivity index (χ2v) is 9.04. The minimum atomic E-state index is -0.648. The fraction of sp³-hybridized carbons (Fsp3) is 0.423. The Hall–Kier alpha value is -3.66. The summed E-state index contributed by atoms with van der Waals surface area (Å²) in [5.41, 5.74) is 0.696. The number of hydrogen-bond acceptors (Lipinski definition) is 5. The molecule has 1 heterocycles. The monoisotopic (exact) mass is 500 g/mol. The van der Waals surface area contributed by atoms with Gasteiger partial charge in [0.1, 0.15) is 18.2 Å². The normalized spacial score (nSPS) is 20.9. The second-order valence-electron chi connectivity index (χ2n) is 9.04. The predicted octanol–water partition coefficient (Wildman–Crippen LogP) is 3.82. The van der Waals surface area contributed by atoms with Gasteiger partial charge in [-0.05, 0) is 31.2 Å². The lowest BCUT2D eigenvalue weighted by Crippen LogP contribution is -2.48. The molecule has 3 rings (SSSR count). The number of hydrogen-bond donors (Lipinski definition) is 2. The Kier molecular flexibility index (Phi) is 8.87. The van der Waals surface area contributed by atoms with Gasteiger partial charge in [-0.1, -0.05) is 19.1 Å². The predicted molar refractivity (Wildman–Crippen MR) is 135 cm³/mol. The van der Waals surface area contributed by atoms with E-state index in [1.165, 1.54) is 31.2 Å². The summed E-state index contributed by atoms with van der Waals surface area (Å²) < 4.78 is 25.5. The van der Waals surface area contributed by atoms with Crippen molar-refractivity contribution in [1.29, 1.82) is 0 Å². The highest BCUT2D eigenvalue weighted by Crippen LogP contribution is 2.27. The standard InChI is InChI=1S/C26H33FN4O5/c1-16-13-31(18(3)32)17(2)15-36-23-12-19(28-26(34)29-22-9-7-6-8-21(22)27)10-11-20(23)25(33)30(4)14-24(16)35-5/h6-12,16-17,24H,13-15H2,1-5H3,(H2,28,29,34)/t16-,17+,24+/m1/s1. The summed E-state index contributed by atoms with van der Waals surface area (Å²) in [4.78, 5) is 41.3. The van der Waals surface area contributed by atoms with E-state index in [1.54, 1.807) is 42.2 Å². The molecule has 2 N–H and O–H groups in total. The summed E-state index contributed by atoms with van der Waals surface area (Å²) in [6.45, 7) is 6.28. The van der Waals surface area contributed by atoms with E-state index in [1.807, 2.05) is 13.8 Å². The molecular weight excluding hydrogens is 467 g/mol. The summed E-state index contributed by atoms with van der Waals surface area (Å²) in [6, 6.07) is 9.58. The number of anilines is 2. The van der Waals surface area contributed by atoms with Crippen molar-refractivity contribution in [3.63, 3.8) is 0 Å². The molecule has 0 radical (unpaired) electrons. The molecule has 0 aliphatic carbocycles. The van der Waals surface area contributed by atoms with Crippen molar-refractivity contribution in [1.82, 2.24) is 9.80 Å². The first kappa shape index (κ1) is 26.9. The third kappa shape index (κ3) is 6.51. The minimum Gasteiger partial charge on any atom is -0.491 e. The number of urea groups is 1. The molecule has 194 valence electrons. The van der Waals surface area contributed by atoms with Gasteiger partial charge in [0, 0.05) is 51.8 Å². The van der Waals surface area contributed by atoms with Crippen molar-refractivity contribution in [2.75, 3.05) is 44.5 Å². The van der Waals surface area contributed by atoms with E-state index in [9.17, 15) is 18.8 Å². The Morgan fingerprint density at radius 1 is 1.11 bits per heavy atom. The van der Waals surface area contributed by atoms with Crippen molar-refractivity contribution in [2.24, 2.45) is 5.92 Å². The van der Waals surface area contributed by atoms with Crippen molar-refractivity contribution in [3.05, 3.63) is 53.8 Å². The smallest absolute Gasteiger partial charge is 0.323 e. The molecule has 10 heteroatoms. The second kappa shape index (κ2) is 11.9. The van der Waals surface area contributed by atoms with Crippen LogP contribution in [0.15, 0.2) is 42.5 Å². The molecule has 0 bridgehead atoms. The SMILES string of the molecule is CO[C@H]1CN(C)C(=O)c2ccc(NC(=O)Nc3ccccc3F)cc2OC[C@H](C)N(C(C)=O)C[C@H]1C. The minimum absolute atomic E-state index is 0.0185.